The molecule has 182 valence electrons. The third-order valence-electron chi connectivity index (χ3n) is 6.75. The Kier molecular flexibility index (Phi) is 9.27. The van der Waals surface area contributed by atoms with Crippen molar-refractivity contribution in [3.63, 3.8) is 0 Å². The molecule has 4 rings (SSSR count). The van der Waals surface area contributed by atoms with Crippen molar-refractivity contribution in [3.05, 3.63) is 77.9 Å². The van der Waals surface area contributed by atoms with E-state index in [4.69, 9.17) is 4.74 Å². The van der Waals surface area contributed by atoms with Crippen molar-refractivity contribution < 1.29 is 9.53 Å². The van der Waals surface area contributed by atoms with Crippen molar-refractivity contribution in [1.29, 1.82) is 0 Å². The Balaban J connectivity index is 1.24. The lowest BCUT2D eigenvalue weighted by atomic mass is 9.98. The normalized spacial score (nSPS) is 20.3. The van der Waals surface area contributed by atoms with E-state index in [0.29, 0.717) is 6.54 Å². The lowest BCUT2D eigenvalue weighted by Gasteiger charge is -2.39. The summed E-state index contributed by atoms with van der Waals surface area (Å²) in [6, 6.07) is 21.1. The van der Waals surface area contributed by atoms with E-state index >= 15 is 0 Å². The van der Waals surface area contributed by atoms with Gasteiger partial charge in [0.15, 0.2) is 0 Å². The van der Waals surface area contributed by atoms with E-state index in [9.17, 15) is 4.79 Å². The molecule has 2 heterocycles. The zero-order chi connectivity index (χ0) is 23.6. The Hall–Kier alpha value is -2.51. The number of carbonyl (C=O) groups excluding carboxylic acids is 1. The fourth-order valence-electron chi connectivity index (χ4n) is 4.94. The van der Waals surface area contributed by atoms with Gasteiger partial charge in [-0.3, -0.25) is 19.5 Å². The number of nitrogens with zero attached hydrogens (tertiary/aromatic N) is 3. The fraction of sp³-hybridized carbons (Fsp3) is 0.464. The Morgan fingerprint density at radius 2 is 1.53 bits per heavy atom. The number of carbonyl (C=O) groups is 1. The minimum atomic E-state index is 0.0254. The van der Waals surface area contributed by atoms with Crippen LogP contribution in [0.25, 0.3) is 6.08 Å². The summed E-state index contributed by atoms with van der Waals surface area (Å²) in [6.07, 6.45) is 4.41. The van der Waals surface area contributed by atoms with E-state index in [2.05, 4.69) is 87.6 Å². The third-order valence-corrected chi connectivity index (χ3v) is 6.75. The van der Waals surface area contributed by atoms with E-state index in [1.165, 1.54) is 11.1 Å². The topological polar surface area (TPSA) is 48.1 Å². The predicted octanol–water partition coefficient (Wildman–Crippen LogP) is 2.90. The molecule has 1 N–H and O–H groups in total. The van der Waals surface area contributed by atoms with Gasteiger partial charge >= 0.3 is 0 Å². The van der Waals surface area contributed by atoms with Crippen LogP contribution in [0.3, 0.4) is 0 Å². The van der Waals surface area contributed by atoms with Gasteiger partial charge in [-0.15, -0.1) is 0 Å². The molecule has 0 aliphatic carbocycles. The molecule has 2 unspecified atom stereocenters. The highest BCUT2D eigenvalue weighted by Crippen LogP contribution is 2.25. The molecular weight excluding hydrogens is 424 g/mol. The molecule has 34 heavy (non-hydrogen) atoms. The summed E-state index contributed by atoms with van der Waals surface area (Å²) in [7, 11) is 0. The van der Waals surface area contributed by atoms with Crippen LogP contribution in [-0.4, -0.2) is 92.2 Å². The molecule has 2 aliphatic heterocycles. The van der Waals surface area contributed by atoms with Gasteiger partial charge in [-0.05, 0) is 18.1 Å². The van der Waals surface area contributed by atoms with Crippen LogP contribution < -0.4 is 5.32 Å². The number of benzene rings is 2. The maximum Gasteiger partial charge on any atom is 0.234 e. The Morgan fingerprint density at radius 3 is 2.21 bits per heavy atom. The molecule has 6 nitrogen and oxygen atoms in total. The van der Waals surface area contributed by atoms with Gasteiger partial charge in [-0.2, -0.15) is 0 Å². The lowest BCUT2D eigenvalue weighted by Crippen LogP contribution is -2.52. The molecular formula is C28H38N4O2. The van der Waals surface area contributed by atoms with E-state index in [1.807, 2.05) is 12.1 Å². The van der Waals surface area contributed by atoms with E-state index in [1.54, 1.807) is 0 Å². The van der Waals surface area contributed by atoms with Crippen LogP contribution in [-0.2, 0) is 9.53 Å². The number of rotatable bonds is 9. The number of hydrogen-bond donors (Lipinski definition) is 1. The second-order valence-corrected chi connectivity index (χ2v) is 9.25. The molecule has 0 spiro atoms. The van der Waals surface area contributed by atoms with Gasteiger partial charge < -0.3 is 10.1 Å². The Bertz CT molecular complexity index is 891. The smallest absolute Gasteiger partial charge is 0.234 e. The number of nitrogens with one attached hydrogen (secondary N) is 1. The van der Waals surface area contributed by atoms with Gasteiger partial charge in [0.1, 0.15) is 0 Å². The molecule has 0 aromatic heterocycles. The van der Waals surface area contributed by atoms with Crippen LogP contribution in [0.5, 0.6) is 0 Å². The van der Waals surface area contributed by atoms with E-state index in [-0.39, 0.29) is 18.0 Å². The molecule has 0 saturated carbocycles. The number of ether oxygens (including phenoxy) is 1. The highest BCUT2D eigenvalue weighted by atomic mass is 16.5. The first-order valence-electron chi connectivity index (χ1n) is 12.5. The zero-order valence-electron chi connectivity index (χ0n) is 20.3. The number of morpholine rings is 1. The standard InChI is InChI=1S/C28H38N4O2/c1-24(28(26-12-6-3-7-13-26)32-19-21-34-22-20-32)29-27(33)23-31-17-15-30(16-18-31)14-8-11-25-9-4-2-5-10-25/h2-13,24,28H,14-23H2,1H3,(H,29,33)/b11-8+. The maximum atomic E-state index is 12.9. The molecule has 2 aromatic rings. The molecule has 1 amide bonds. The van der Waals surface area contributed by atoms with Crippen LogP contribution >= 0.6 is 0 Å². The summed E-state index contributed by atoms with van der Waals surface area (Å²) in [5.41, 5.74) is 2.48. The summed E-state index contributed by atoms with van der Waals surface area (Å²) in [6.45, 7) is 10.6. The molecule has 2 saturated heterocycles. The average Bonchev–Trinajstić information content (AvgIpc) is 2.87. The third kappa shape index (κ3) is 7.24. The van der Waals surface area contributed by atoms with Gasteiger partial charge in [0.2, 0.25) is 5.91 Å². The van der Waals surface area contributed by atoms with Gasteiger partial charge in [0.05, 0.1) is 25.8 Å². The second-order valence-electron chi connectivity index (χ2n) is 9.25. The first-order valence-corrected chi connectivity index (χ1v) is 12.5. The van der Waals surface area contributed by atoms with Crippen molar-refractivity contribution in [2.75, 3.05) is 65.6 Å². The molecule has 0 bridgehead atoms. The Morgan fingerprint density at radius 1 is 0.912 bits per heavy atom. The second kappa shape index (κ2) is 12.8. The highest BCUT2D eigenvalue weighted by Gasteiger charge is 2.29. The fourth-order valence-corrected chi connectivity index (χ4v) is 4.94. The monoisotopic (exact) mass is 462 g/mol. The summed E-state index contributed by atoms with van der Waals surface area (Å²) >= 11 is 0. The van der Waals surface area contributed by atoms with Crippen molar-refractivity contribution in [2.45, 2.75) is 19.0 Å². The van der Waals surface area contributed by atoms with Gasteiger partial charge in [0, 0.05) is 51.9 Å². The number of hydrogen-bond acceptors (Lipinski definition) is 5. The quantitative estimate of drug-likeness (QED) is 0.621. The first kappa shape index (κ1) is 24.6. The minimum Gasteiger partial charge on any atom is -0.379 e. The van der Waals surface area contributed by atoms with Crippen molar-refractivity contribution >= 4 is 12.0 Å². The Labute approximate surface area is 204 Å². The molecule has 2 fully saturated rings. The highest BCUT2D eigenvalue weighted by molar-refractivity contribution is 5.78. The largest absolute Gasteiger partial charge is 0.379 e. The molecule has 0 radical (unpaired) electrons. The van der Waals surface area contributed by atoms with Gasteiger partial charge in [-0.25, -0.2) is 0 Å². The van der Waals surface area contributed by atoms with Crippen LogP contribution in [0.1, 0.15) is 24.1 Å². The summed E-state index contributed by atoms with van der Waals surface area (Å²) in [5.74, 6) is 0.110. The summed E-state index contributed by atoms with van der Waals surface area (Å²) in [4.78, 5) is 20.1. The summed E-state index contributed by atoms with van der Waals surface area (Å²) in [5, 5.41) is 3.30. The summed E-state index contributed by atoms with van der Waals surface area (Å²) < 4.78 is 5.56. The van der Waals surface area contributed by atoms with Crippen LogP contribution in [0, 0.1) is 0 Å². The van der Waals surface area contributed by atoms with Crippen molar-refractivity contribution in [2.24, 2.45) is 0 Å². The molecule has 6 heteroatoms. The number of piperazine rings is 1. The number of amides is 1. The molecule has 2 atom stereocenters. The lowest BCUT2D eigenvalue weighted by molar-refractivity contribution is -0.123. The van der Waals surface area contributed by atoms with Crippen molar-refractivity contribution in [1.82, 2.24) is 20.0 Å². The van der Waals surface area contributed by atoms with Crippen LogP contribution in [0.15, 0.2) is 66.7 Å². The minimum absolute atomic E-state index is 0.0254. The van der Waals surface area contributed by atoms with Crippen LogP contribution in [0.4, 0.5) is 0 Å². The van der Waals surface area contributed by atoms with E-state index in [0.717, 1.165) is 59.0 Å². The first-order chi connectivity index (χ1) is 16.7. The van der Waals surface area contributed by atoms with Crippen molar-refractivity contribution in [3.8, 4) is 0 Å². The van der Waals surface area contributed by atoms with Gasteiger partial charge in [-0.1, -0.05) is 72.8 Å². The van der Waals surface area contributed by atoms with E-state index < -0.39 is 0 Å². The van der Waals surface area contributed by atoms with Crippen LogP contribution in [0.2, 0.25) is 0 Å². The average molecular weight is 463 g/mol. The maximum absolute atomic E-state index is 12.9. The molecule has 2 aromatic carbocycles. The van der Waals surface area contributed by atoms with Gasteiger partial charge in [0.25, 0.3) is 0 Å². The zero-order valence-corrected chi connectivity index (χ0v) is 20.3. The SMILES string of the molecule is CC(NC(=O)CN1CCN(C/C=C/c2ccccc2)CC1)C(c1ccccc1)N1CCOCC1. The molecule has 2 aliphatic rings. The predicted molar refractivity (Wildman–Crippen MR) is 138 cm³/mol.